The van der Waals surface area contributed by atoms with Crippen LogP contribution in [0.5, 0.6) is 0 Å². The van der Waals surface area contributed by atoms with Crippen molar-refractivity contribution >= 4 is 0 Å². The molecule has 2 heteroatoms. The summed E-state index contributed by atoms with van der Waals surface area (Å²) in [5, 5.41) is 0. The number of hydrogen-bond donors (Lipinski definition) is 0. The largest absolute Gasteiger partial charge is 0.253 e. The Hall–Kier alpha value is -1.57. The molecular weight excluding hydrogens is 208 g/mol. The lowest BCUT2D eigenvalue weighted by Gasteiger charge is -1.99. The number of benzene rings is 1. The van der Waals surface area contributed by atoms with E-state index in [1.54, 1.807) is 0 Å². The van der Waals surface area contributed by atoms with Gasteiger partial charge >= 0.3 is 0 Å². The molecular formula is C15H21N2+. The molecule has 1 aromatic heterocycles. The van der Waals surface area contributed by atoms with Crippen molar-refractivity contribution in [3.05, 3.63) is 53.6 Å². The summed E-state index contributed by atoms with van der Waals surface area (Å²) in [4.78, 5) is 0. The van der Waals surface area contributed by atoms with Gasteiger partial charge in [0.1, 0.15) is 18.4 Å². The Morgan fingerprint density at radius 2 is 1.88 bits per heavy atom. The number of imidazole rings is 1. The maximum atomic E-state index is 2.33. The predicted octanol–water partition coefficient (Wildman–Crippen LogP) is 2.62. The molecule has 0 amide bonds. The van der Waals surface area contributed by atoms with Crippen molar-refractivity contribution in [3.63, 3.8) is 0 Å². The highest BCUT2D eigenvalue weighted by atomic mass is 15.1. The average Bonchev–Trinajstić information content (AvgIpc) is 2.60. The van der Waals surface area contributed by atoms with Crippen molar-refractivity contribution in [2.75, 3.05) is 0 Å². The van der Waals surface area contributed by atoms with Crippen LogP contribution in [0.1, 0.15) is 30.4 Å². The SMILES string of the molecule is CCCc1cn(Cc2ccccc2)c(C)[n+]1C. The minimum atomic E-state index is 0.963. The number of aromatic nitrogens is 2. The second-order valence-electron chi connectivity index (χ2n) is 4.59. The molecule has 0 saturated heterocycles. The van der Waals surface area contributed by atoms with Gasteiger partial charge in [0, 0.05) is 13.3 Å². The van der Waals surface area contributed by atoms with Crippen LogP contribution < -0.4 is 4.57 Å². The third-order valence-electron chi connectivity index (χ3n) is 3.34. The first-order valence-corrected chi connectivity index (χ1v) is 6.31. The van der Waals surface area contributed by atoms with Gasteiger partial charge in [-0.2, -0.15) is 0 Å². The Bertz CT molecular complexity index is 483. The number of aryl methyl sites for hydroxylation is 1. The summed E-state index contributed by atoms with van der Waals surface area (Å²) in [6.07, 6.45) is 4.63. The smallest absolute Gasteiger partial charge is 0.234 e. The third kappa shape index (κ3) is 2.57. The van der Waals surface area contributed by atoms with Gasteiger partial charge in [0.05, 0.1) is 7.05 Å². The highest BCUT2D eigenvalue weighted by molar-refractivity contribution is 5.15. The molecule has 0 unspecified atom stereocenters. The van der Waals surface area contributed by atoms with Crippen LogP contribution in [0.2, 0.25) is 0 Å². The summed E-state index contributed by atoms with van der Waals surface area (Å²) in [5.74, 6) is 1.32. The van der Waals surface area contributed by atoms with Gasteiger partial charge in [0.25, 0.3) is 5.82 Å². The molecule has 0 aliphatic carbocycles. The van der Waals surface area contributed by atoms with Gasteiger partial charge in [-0.3, -0.25) is 0 Å². The van der Waals surface area contributed by atoms with Crippen molar-refractivity contribution in [3.8, 4) is 0 Å². The Kier molecular flexibility index (Phi) is 3.62. The van der Waals surface area contributed by atoms with E-state index in [4.69, 9.17) is 0 Å². The van der Waals surface area contributed by atoms with E-state index in [9.17, 15) is 0 Å². The van der Waals surface area contributed by atoms with Crippen LogP contribution in [-0.2, 0) is 20.0 Å². The first kappa shape index (κ1) is 11.9. The molecule has 0 radical (unpaired) electrons. The molecule has 0 fully saturated rings. The molecule has 0 atom stereocenters. The maximum Gasteiger partial charge on any atom is 0.253 e. The summed E-state index contributed by atoms with van der Waals surface area (Å²) in [6, 6.07) is 10.6. The fraction of sp³-hybridized carbons (Fsp3) is 0.400. The van der Waals surface area contributed by atoms with Gasteiger partial charge in [-0.25, -0.2) is 9.13 Å². The molecule has 2 rings (SSSR count). The molecule has 1 aromatic carbocycles. The zero-order valence-electron chi connectivity index (χ0n) is 11.0. The molecule has 0 saturated carbocycles. The van der Waals surface area contributed by atoms with Crippen LogP contribution in [0.15, 0.2) is 36.5 Å². The standard InChI is InChI=1S/C15H21N2/c1-4-8-15-12-17(13(2)16(15)3)11-14-9-6-5-7-10-14/h5-7,9-10,12H,4,8,11H2,1-3H3/q+1. The second kappa shape index (κ2) is 5.17. The number of hydrogen-bond acceptors (Lipinski definition) is 0. The molecule has 2 nitrogen and oxygen atoms in total. The maximum absolute atomic E-state index is 2.33. The zero-order chi connectivity index (χ0) is 12.3. The average molecular weight is 229 g/mol. The second-order valence-corrected chi connectivity index (χ2v) is 4.59. The number of nitrogens with zero attached hydrogens (tertiary/aromatic N) is 2. The van der Waals surface area contributed by atoms with Crippen molar-refractivity contribution < 1.29 is 4.57 Å². The van der Waals surface area contributed by atoms with Crippen LogP contribution in [-0.4, -0.2) is 4.57 Å². The van der Waals surface area contributed by atoms with Crippen LogP contribution in [0, 0.1) is 6.92 Å². The molecule has 0 N–H and O–H groups in total. The van der Waals surface area contributed by atoms with Crippen LogP contribution in [0.25, 0.3) is 0 Å². The minimum absolute atomic E-state index is 0.963. The Balaban J connectivity index is 2.25. The fourth-order valence-electron chi connectivity index (χ4n) is 2.19. The summed E-state index contributed by atoms with van der Waals surface area (Å²) in [6.45, 7) is 5.37. The third-order valence-corrected chi connectivity index (χ3v) is 3.34. The van der Waals surface area contributed by atoms with Crippen LogP contribution >= 0.6 is 0 Å². The summed E-state index contributed by atoms with van der Waals surface area (Å²) < 4.78 is 4.63. The van der Waals surface area contributed by atoms with Gasteiger partial charge in [-0.15, -0.1) is 0 Å². The van der Waals surface area contributed by atoms with Crippen LogP contribution in [0.4, 0.5) is 0 Å². The monoisotopic (exact) mass is 229 g/mol. The van der Waals surface area contributed by atoms with Crippen LogP contribution in [0.3, 0.4) is 0 Å². The molecule has 0 aliphatic heterocycles. The lowest BCUT2D eigenvalue weighted by molar-refractivity contribution is -0.684. The topological polar surface area (TPSA) is 8.81 Å². The van der Waals surface area contributed by atoms with Gasteiger partial charge < -0.3 is 0 Å². The fourth-order valence-corrected chi connectivity index (χ4v) is 2.19. The molecule has 1 heterocycles. The Labute approximate surface area is 104 Å². The quantitative estimate of drug-likeness (QED) is 0.713. The molecule has 0 bridgehead atoms. The summed E-state index contributed by atoms with van der Waals surface area (Å²) in [5.41, 5.74) is 2.77. The summed E-state index contributed by atoms with van der Waals surface area (Å²) in [7, 11) is 2.15. The molecule has 0 spiro atoms. The molecule has 17 heavy (non-hydrogen) atoms. The lowest BCUT2D eigenvalue weighted by atomic mass is 10.2. The molecule has 2 aromatic rings. The van der Waals surface area contributed by atoms with Crippen molar-refractivity contribution in [1.82, 2.24) is 4.57 Å². The van der Waals surface area contributed by atoms with Crippen molar-refractivity contribution in [2.24, 2.45) is 7.05 Å². The molecule has 90 valence electrons. The van der Waals surface area contributed by atoms with Gasteiger partial charge in [0.15, 0.2) is 0 Å². The van der Waals surface area contributed by atoms with E-state index in [0.717, 1.165) is 13.0 Å². The van der Waals surface area contributed by atoms with Gasteiger partial charge in [-0.1, -0.05) is 37.3 Å². The van der Waals surface area contributed by atoms with E-state index in [1.165, 1.54) is 23.5 Å². The van der Waals surface area contributed by atoms with Gasteiger partial charge in [0.2, 0.25) is 0 Å². The lowest BCUT2D eigenvalue weighted by Crippen LogP contribution is -2.34. The minimum Gasteiger partial charge on any atom is -0.234 e. The highest BCUT2D eigenvalue weighted by Crippen LogP contribution is 2.07. The predicted molar refractivity (Wildman–Crippen MR) is 69.9 cm³/mol. The summed E-state index contributed by atoms with van der Waals surface area (Å²) >= 11 is 0. The van der Waals surface area contributed by atoms with Crippen molar-refractivity contribution in [1.29, 1.82) is 0 Å². The van der Waals surface area contributed by atoms with E-state index >= 15 is 0 Å². The Morgan fingerprint density at radius 1 is 1.18 bits per heavy atom. The van der Waals surface area contributed by atoms with Crippen molar-refractivity contribution in [2.45, 2.75) is 33.2 Å². The van der Waals surface area contributed by atoms with E-state index in [0.29, 0.717) is 0 Å². The normalized spacial score (nSPS) is 10.8. The molecule has 0 aliphatic rings. The Morgan fingerprint density at radius 3 is 2.53 bits per heavy atom. The first-order chi connectivity index (χ1) is 8.22. The van der Waals surface area contributed by atoms with Gasteiger partial charge in [-0.05, 0) is 12.0 Å². The highest BCUT2D eigenvalue weighted by Gasteiger charge is 2.15. The first-order valence-electron chi connectivity index (χ1n) is 6.31. The zero-order valence-corrected chi connectivity index (χ0v) is 11.0. The van der Waals surface area contributed by atoms with E-state index in [1.807, 2.05) is 0 Å². The number of rotatable bonds is 4. The van der Waals surface area contributed by atoms with E-state index < -0.39 is 0 Å². The van der Waals surface area contributed by atoms with E-state index in [2.05, 4.69) is 66.6 Å². The van der Waals surface area contributed by atoms with E-state index in [-0.39, 0.29) is 0 Å².